The smallest absolute Gasteiger partial charge is 0.657 e. The van der Waals surface area contributed by atoms with E-state index in [1.165, 1.54) is 0 Å². The molecule has 0 fully saturated rings. The van der Waals surface area contributed by atoms with Crippen LogP contribution in [0.4, 0.5) is 0 Å². The number of hydrogen-bond acceptors (Lipinski definition) is 7. The third-order valence-electron chi connectivity index (χ3n) is 8.09. The van der Waals surface area contributed by atoms with Crippen LogP contribution in [0.5, 0.6) is 0 Å². The standard InChI is InChI=1S/C34H34N4O7.Fe/c1-5-18-16(3)23-11-26-19(6-2)22(15-39)29(37-26)12-24-17(4)20(7-9-31(40)41)27(36-24)13-28-21(8-10-32(42)43)33(34(44)45)30(38-28)14-25(18)35-23;/h5-6,11-14,34,39,44-45H,1-2,7-10,15H2,3-4H3,(H4,35,36,37,38,40,41,42,43);/q;+2/p-2. The second-order valence-corrected chi connectivity index (χ2v) is 10.8. The maximum atomic E-state index is 11.6. The Morgan fingerprint density at radius 1 is 0.783 bits per heavy atom. The normalized spacial score (nSPS) is 12.8. The Morgan fingerprint density at radius 3 is 1.93 bits per heavy atom. The van der Waals surface area contributed by atoms with Gasteiger partial charge >= 0.3 is 29.0 Å². The van der Waals surface area contributed by atoms with Crippen LogP contribution in [0.25, 0.3) is 50.4 Å². The molecule has 0 radical (unpaired) electrons. The van der Waals surface area contributed by atoms with Crippen LogP contribution in [-0.4, -0.2) is 60.3 Å². The van der Waals surface area contributed by atoms with Crippen LogP contribution < -0.4 is 9.97 Å². The quantitative estimate of drug-likeness (QED) is 0.156. The molecule has 12 heteroatoms. The van der Waals surface area contributed by atoms with E-state index in [0.29, 0.717) is 66.9 Å². The van der Waals surface area contributed by atoms with E-state index in [-0.39, 0.29) is 66.3 Å². The predicted octanol–water partition coefficient (Wildman–Crippen LogP) is 4.02. The van der Waals surface area contributed by atoms with Crippen molar-refractivity contribution in [1.29, 1.82) is 0 Å². The van der Waals surface area contributed by atoms with Gasteiger partial charge < -0.3 is 35.5 Å². The first-order chi connectivity index (χ1) is 21.5. The summed E-state index contributed by atoms with van der Waals surface area (Å²) in [6.45, 7) is 11.2. The van der Waals surface area contributed by atoms with Gasteiger partial charge in [-0.2, -0.15) is 0 Å². The van der Waals surface area contributed by atoms with Gasteiger partial charge in [0.25, 0.3) is 0 Å². The van der Waals surface area contributed by atoms with Crippen molar-refractivity contribution in [2.24, 2.45) is 0 Å². The second-order valence-electron chi connectivity index (χ2n) is 10.8. The molecule has 0 saturated carbocycles. The van der Waals surface area contributed by atoms with Gasteiger partial charge in [0.05, 0.1) is 29.4 Å². The molecule has 3 aromatic heterocycles. The third-order valence-corrected chi connectivity index (χ3v) is 8.09. The summed E-state index contributed by atoms with van der Waals surface area (Å²) in [4.78, 5) is 42.2. The molecular formula is C34H32FeN4O7. The summed E-state index contributed by atoms with van der Waals surface area (Å²) in [6.07, 6.45) is 0.896. The van der Waals surface area contributed by atoms with Crippen LogP contribution in [0, 0.1) is 13.8 Å². The minimum atomic E-state index is -1.98. The zero-order chi connectivity index (χ0) is 32.6. The van der Waals surface area contributed by atoms with E-state index >= 15 is 0 Å². The summed E-state index contributed by atoms with van der Waals surface area (Å²) in [5.41, 5.74) is 7.66. The summed E-state index contributed by atoms with van der Waals surface area (Å²) in [7, 11) is 0. The molecule has 0 saturated heterocycles. The minimum Gasteiger partial charge on any atom is -0.657 e. The van der Waals surface area contributed by atoms with Crippen molar-refractivity contribution < 1.29 is 52.2 Å². The number of aryl methyl sites for hydroxylation is 3. The van der Waals surface area contributed by atoms with E-state index in [1.807, 2.05) is 13.8 Å². The first-order valence-electron chi connectivity index (χ1n) is 14.2. The van der Waals surface area contributed by atoms with Crippen LogP contribution in [-0.2, 0) is 33.1 Å². The molecule has 0 aromatic carbocycles. The number of rotatable bonds is 10. The fraction of sp³-hybridized carbons (Fsp3) is 0.235. The molecule has 0 aliphatic carbocycles. The number of fused-ring (bicyclic) bond motifs is 8. The zero-order valence-electron chi connectivity index (χ0n) is 25.2. The monoisotopic (exact) mass is 664 g/mol. The van der Waals surface area contributed by atoms with Crippen LogP contribution in [0.1, 0.15) is 64.3 Å². The molecular weight excluding hydrogens is 632 g/mol. The fourth-order valence-corrected chi connectivity index (χ4v) is 5.80. The summed E-state index contributed by atoms with van der Waals surface area (Å²) < 4.78 is 0. The van der Waals surface area contributed by atoms with Crippen molar-refractivity contribution in [2.75, 3.05) is 6.61 Å². The van der Waals surface area contributed by atoms with Crippen LogP contribution in [0.2, 0.25) is 0 Å². The Balaban J connectivity index is 0.00000480. The van der Waals surface area contributed by atoms with Crippen molar-refractivity contribution in [2.45, 2.75) is 45.8 Å². The number of allylic oxidation sites excluding steroid dienone is 3. The molecule has 238 valence electrons. The van der Waals surface area contributed by atoms with Gasteiger partial charge in [0.2, 0.25) is 0 Å². The van der Waals surface area contributed by atoms with Gasteiger partial charge in [-0.05, 0) is 37.8 Å². The number of aliphatic hydroxyl groups is 3. The molecule has 5 rings (SSSR count). The Labute approximate surface area is 274 Å². The van der Waals surface area contributed by atoms with Crippen molar-refractivity contribution in [3.05, 3.63) is 88.5 Å². The molecule has 2 aliphatic rings. The van der Waals surface area contributed by atoms with Gasteiger partial charge in [0, 0.05) is 29.6 Å². The number of carboxylic acids is 2. The zero-order valence-corrected chi connectivity index (χ0v) is 26.3. The first kappa shape index (κ1) is 34.3. The number of carboxylic acid groups (broad SMARTS) is 2. The number of aliphatic hydroxyl groups excluding tert-OH is 2. The molecule has 0 unspecified atom stereocenters. The van der Waals surface area contributed by atoms with Gasteiger partial charge in [0.1, 0.15) is 0 Å². The van der Waals surface area contributed by atoms with Gasteiger partial charge in [-0.15, -0.1) is 22.1 Å². The summed E-state index contributed by atoms with van der Waals surface area (Å²) >= 11 is 0. The minimum absolute atomic E-state index is 0. The van der Waals surface area contributed by atoms with Crippen LogP contribution in [0.3, 0.4) is 0 Å². The molecule has 3 aromatic rings. The Kier molecular flexibility index (Phi) is 10.3. The molecule has 46 heavy (non-hydrogen) atoms. The molecule has 5 heterocycles. The average molecular weight is 664 g/mol. The van der Waals surface area contributed by atoms with Crippen molar-refractivity contribution in [1.82, 2.24) is 19.9 Å². The SMILES string of the molecule is C=CC1=C(CO)c2cc3[n-]c(cc4nc(cc5[n-]c(cc1n2)c(C)c5C=C)C(C(O)O)=C4CCC(=O)O)c(CCC(=O)O)c3C.[Fe+2]. The van der Waals surface area contributed by atoms with Crippen molar-refractivity contribution in [3.63, 3.8) is 0 Å². The number of hydrogen-bond donors (Lipinski definition) is 5. The molecule has 2 aliphatic heterocycles. The van der Waals surface area contributed by atoms with Gasteiger partial charge in [0.15, 0.2) is 6.29 Å². The molecule has 0 spiro atoms. The maximum Gasteiger partial charge on any atom is 2.00 e. The molecule has 11 nitrogen and oxygen atoms in total. The van der Waals surface area contributed by atoms with Gasteiger partial charge in [-0.3, -0.25) is 9.59 Å². The molecule has 5 N–H and O–H groups in total. The van der Waals surface area contributed by atoms with E-state index in [9.17, 15) is 35.1 Å². The number of nitrogens with zero attached hydrogens (tertiary/aromatic N) is 4. The van der Waals surface area contributed by atoms with Crippen molar-refractivity contribution in [3.8, 4) is 0 Å². The summed E-state index contributed by atoms with van der Waals surface area (Å²) in [5, 5.41) is 50.2. The van der Waals surface area contributed by atoms with E-state index in [0.717, 1.165) is 5.56 Å². The number of aliphatic carboxylic acids is 2. The molecule has 8 bridgehead atoms. The van der Waals surface area contributed by atoms with Crippen molar-refractivity contribution >= 4 is 62.4 Å². The first-order valence-corrected chi connectivity index (χ1v) is 14.2. The van der Waals surface area contributed by atoms with Crippen LogP contribution in [0.15, 0.2) is 43.5 Å². The predicted molar refractivity (Wildman–Crippen MR) is 170 cm³/mol. The largest absolute Gasteiger partial charge is 2.00 e. The van der Waals surface area contributed by atoms with E-state index in [2.05, 4.69) is 13.2 Å². The molecule has 0 amide bonds. The van der Waals surface area contributed by atoms with E-state index in [1.54, 1.807) is 36.4 Å². The van der Waals surface area contributed by atoms with E-state index in [4.69, 9.17) is 19.9 Å². The maximum absolute atomic E-state index is 11.6. The average Bonchev–Trinajstić information content (AvgIpc) is 3.67. The van der Waals surface area contributed by atoms with E-state index < -0.39 is 18.2 Å². The van der Waals surface area contributed by atoms with Gasteiger partial charge in [-0.25, -0.2) is 9.97 Å². The second kappa shape index (κ2) is 13.8. The Bertz CT molecular complexity index is 2000. The third kappa shape index (κ3) is 6.39. The summed E-state index contributed by atoms with van der Waals surface area (Å²) in [6, 6.07) is 6.69. The molecule has 0 atom stereocenters. The summed E-state index contributed by atoms with van der Waals surface area (Å²) in [5.74, 6) is -2.07. The Hall–Kier alpha value is -4.58. The van der Waals surface area contributed by atoms with Crippen LogP contribution >= 0.6 is 0 Å². The Morgan fingerprint density at radius 2 is 1.33 bits per heavy atom. The number of carbonyl (C=O) groups is 2. The number of aromatic nitrogens is 4. The topological polar surface area (TPSA) is 189 Å². The van der Waals surface area contributed by atoms with Gasteiger partial charge in [-0.1, -0.05) is 66.3 Å². The fourth-order valence-electron chi connectivity index (χ4n) is 5.80.